The molecule has 0 aromatic carbocycles. The van der Waals surface area contributed by atoms with Gasteiger partial charge in [0.2, 0.25) is 0 Å². The van der Waals surface area contributed by atoms with Gasteiger partial charge in [-0.3, -0.25) is 4.90 Å². The highest BCUT2D eigenvalue weighted by atomic mass is 16.3. The third kappa shape index (κ3) is 4.94. The first-order chi connectivity index (χ1) is 8.10. The summed E-state index contributed by atoms with van der Waals surface area (Å²) in [5.41, 5.74) is 6.27. The van der Waals surface area contributed by atoms with Gasteiger partial charge in [0, 0.05) is 18.1 Å². The van der Waals surface area contributed by atoms with Gasteiger partial charge in [0.25, 0.3) is 0 Å². The second kappa shape index (κ2) is 7.34. The average molecular weight is 242 g/mol. The summed E-state index contributed by atoms with van der Waals surface area (Å²) in [4.78, 5) is 2.47. The molecule has 1 aliphatic rings. The van der Waals surface area contributed by atoms with Crippen molar-refractivity contribution >= 4 is 0 Å². The van der Waals surface area contributed by atoms with E-state index in [4.69, 9.17) is 5.73 Å². The molecule has 0 aromatic rings. The van der Waals surface area contributed by atoms with Gasteiger partial charge in [-0.25, -0.2) is 0 Å². The van der Waals surface area contributed by atoms with Crippen LogP contribution >= 0.6 is 0 Å². The number of unbranched alkanes of at least 4 members (excludes halogenated alkanes) is 1. The van der Waals surface area contributed by atoms with Crippen LogP contribution in [0.15, 0.2) is 0 Å². The first-order valence-corrected chi connectivity index (χ1v) is 7.22. The van der Waals surface area contributed by atoms with Gasteiger partial charge in [0.1, 0.15) is 0 Å². The lowest BCUT2D eigenvalue weighted by atomic mass is 9.97. The molecule has 0 heterocycles. The topological polar surface area (TPSA) is 49.5 Å². The van der Waals surface area contributed by atoms with E-state index in [0.717, 1.165) is 13.0 Å². The number of nitrogens with two attached hydrogens (primary N) is 1. The second-order valence-electron chi connectivity index (χ2n) is 5.87. The van der Waals surface area contributed by atoms with E-state index in [2.05, 4.69) is 25.7 Å². The summed E-state index contributed by atoms with van der Waals surface area (Å²) < 4.78 is 0. The highest BCUT2D eigenvalue weighted by molar-refractivity contribution is 4.92. The Morgan fingerprint density at radius 1 is 1.35 bits per heavy atom. The molecule has 0 bridgehead atoms. The fourth-order valence-electron chi connectivity index (χ4n) is 2.55. The Hall–Kier alpha value is -0.120. The summed E-state index contributed by atoms with van der Waals surface area (Å²) in [6.45, 7) is 7.91. The van der Waals surface area contributed by atoms with Crippen LogP contribution in [0.25, 0.3) is 0 Å². The van der Waals surface area contributed by atoms with E-state index in [0.29, 0.717) is 12.0 Å². The molecular formula is C14H30N2O. The number of nitrogens with zero attached hydrogens (tertiary/aromatic N) is 1. The van der Waals surface area contributed by atoms with Crippen molar-refractivity contribution in [3.05, 3.63) is 0 Å². The lowest BCUT2D eigenvalue weighted by molar-refractivity contribution is 0.0899. The molecule has 0 amide bonds. The smallest absolute Gasteiger partial charge is 0.0602 e. The van der Waals surface area contributed by atoms with Crippen LogP contribution in [0, 0.1) is 5.92 Å². The van der Waals surface area contributed by atoms with E-state index in [-0.39, 0.29) is 18.7 Å². The normalized spacial score (nSPS) is 19.9. The van der Waals surface area contributed by atoms with Crippen LogP contribution in [-0.2, 0) is 0 Å². The Bertz CT molecular complexity index is 204. The minimum atomic E-state index is 0.109. The van der Waals surface area contributed by atoms with Gasteiger partial charge in [-0.05, 0) is 38.1 Å². The maximum absolute atomic E-state index is 9.63. The van der Waals surface area contributed by atoms with Crippen molar-refractivity contribution in [2.24, 2.45) is 11.7 Å². The van der Waals surface area contributed by atoms with Gasteiger partial charge in [0.05, 0.1) is 6.61 Å². The molecule has 2 unspecified atom stereocenters. The first kappa shape index (κ1) is 14.9. The largest absolute Gasteiger partial charge is 0.395 e. The van der Waals surface area contributed by atoms with E-state index in [9.17, 15) is 5.11 Å². The molecule has 0 aliphatic heterocycles. The van der Waals surface area contributed by atoms with Gasteiger partial charge >= 0.3 is 0 Å². The summed E-state index contributed by atoms with van der Waals surface area (Å²) in [6, 6.07) is 0.964. The summed E-state index contributed by atoms with van der Waals surface area (Å²) in [5.74, 6) is 0.603. The molecular weight excluding hydrogens is 212 g/mol. The fourth-order valence-corrected chi connectivity index (χ4v) is 2.55. The third-order valence-corrected chi connectivity index (χ3v) is 3.64. The monoisotopic (exact) mass is 242 g/mol. The van der Waals surface area contributed by atoms with Crippen molar-refractivity contribution < 1.29 is 5.11 Å². The molecule has 1 aliphatic carbocycles. The summed E-state index contributed by atoms with van der Waals surface area (Å²) in [5, 5.41) is 9.63. The van der Waals surface area contributed by atoms with Crippen LogP contribution < -0.4 is 5.73 Å². The van der Waals surface area contributed by atoms with Crippen molar-refractivity contribution in [3.8, 4) is 0 Å². The van der Waals surface area contributed by atoms with Gasteiger partial charge in [-0.1, -0.05) is 27.2 Å². The van der Waals surface area contributed by atoms with Crippen LogP contribution in [0.1, 0.15) is 52.9 Å². The van der Waals surface area contributed by atoms with Gasteiger partial charge in [-0.15, -0.1) is 0 Å². The molecule has 3 nitrogen and oxygen atoms in total. The number of hydrogen-bond donors (Lipinski definition) is 2. The Balaban J connectivity index is 2.53. The van der Waals surface area contributed by atoms with Crippen LogP contribution in [0.5, 0.6) is 0 Å². The quantitative estimate of drug-likeness (QED) is 0.650. The fraction of sp³-hybridized carbons (Fsp3) is 1.00. The zero-order valence-corrected chi connectivity index (χ0v) is 11.7. The van der Waals surface area contributed by atoms with Crippen LogP contribution in [0.2, 0.25) is 0 Å². The highest BCUT2D eigenvalue weighted by Crippen LogP contribution is 2.30. The lowest BCUT2D eigenvalue weighted by Crippen LogP contribution is -2.51. The van der Waals surface area contributed by atoms with Crippen molar-refractivity contribution in [3.63, 3.8) is 0 Å². The molecule has 1 fully saturated rings. The summed E-state index contributed by atoms with van der Waals surface area (Å²) >= 11 is 0. The average Bonchev–Trinajstić information content (AvgIpc) is 3.06. The molecule has 1 rings (SSSR count). The SMILES string of the molecule is CCCCN(C1CC1)C(CO)C(N)CC(C)C. The maximum Gasteiger partial charge on any atom is 0.0602 e. The highest BCUT2D eigenvalue weighted by Gasteiger charge is 2.35. The standard InChI is InChI=1S/C14H30N2O/c1-4-5-8-16(12-6-7-12)14(10-17)13(15)9-11(2)3/h11-14,17H,4-10,15H2,1-3H3. The van der Waals surface area contributed by atoms with Crippen LogP contribution in [-0.4, -0.2) is 41.3 Å². The Morgan fingerprint density at radius 3 is 2.41 bits per heavy atom. The van der Waals surface area contributed by atoms with E-state index >= 15 is 0 Å². The predicted octanol–water partition coefficient (Wildman–Crippen LogP) is 1.99. The minimum absolute atomic E-state index is 0.109. The summed E-state index contributed by atoms with van der Waals surface area (Å²) in [6.07, 6.45) is 5.99. The van der Waals surface area contributed by atoms with Crippen molar-refractivity contribution in [2.75, 3.05) is 13.2 Å². The van der Waals surface area contributed by atoms with Crippen LogP contribution in [0.4, 0.5) is 0 Å². The molecule has 17 heavy (non-hydrogen) atoms. The van der Waals surface area contributed by atoms with Gasteiger partial charge in [-0.2, -0.15) is 0 Å². The van der Waals surface area contributed by atoms with Gasteiger partial charge < -0.3 is 10.8 Å². The van der Waals surface area contributed by atoms with E-state index < -0.39 is 0 Å². The maximum atomic E-state index is 9.63. The molecule has 3 N–H and O–H groups in total. The molecule has 102 valence electrons. The molecule has 0 aromatic heterocycles. The van der Waals surface area contributed by atoms with E-state index in [1.165, 1.54) is 25.7 Å². The molecule has 1 saturated carbocycles. The van der Waals surface area contributed by atoms with Crippen molar-refractivity contribution in [1.82, 2.24) is 4.90 Å². The second-order valence-corrected chi connectivity index (χ2v) is 5.87. The molecule has 2 atom stereocenters. The number of aliphatic hydroxyl groups excluding tert-OH is 1. The molecule has 0 spiro atoms. The van der Waals surface area contributed by atoms with E-state index in [1.807, 2.05) is 0 Å². The molecule has 0 saturated heterocycles. The number of rotatable bonds is 9. The van der Waals surface area contributed by atoms with Crippen LogP contribution in [0.3, 0.4) is 0 Å². The third-order valence-electron chi connectivity index (χ3n) is 3.64. The molecule has 0 radical (unpaired) electrons. The Kier molecular flexibility index (Phi) is 6.45. The summed E-state index contributed by atoms with van der Waals surface area (Å²) in [7, 11) is 0. The lowest BCUT2D eigenvalue weighted by Gasteiger charge is -2.35. The Morgan fingerprint density at radius 2 is 2.00 bits per heavy atom. The minimum Gasteiger partial charge on any atom is -0.395 e. The number of hydrogen-bond acceptors (Lipinski definition) is 3. The van der Waals surface area contributed by atoms with Crippen molar-refractivity contribution in [1.29, 1.82) is 0 Å². The number of aliphatic hydroxyl groups is 1. The first-order valence-electron chi connectivity index (χ1n) is 7.22. The van der Waals surface area contributed by atoms with E-state index in [1.54, 1.807) is 0 Å². The zero-order chi connectivity index (χ0) is 12.8. The zero-order valence-electron chi connectivity index (χ0n) is 11.7. The van der Waals surface area contributed by atoms with Gasteiger partial charge in [0.15, 0.2) is 0 Å². The molecule has 3 heteroatoms. The Labute approximate surface area is 106 Å². The van der Waals surface area contributed by atoms with Crippen molar-refractivity contribution in [2.45, 2.75) is 71.0 Å². The predicted molar refractivity (Wildman–Crippen MR) is 72.9 cm³/mol.